The van der Waals surface area contributed by atoms with Gasteiger partial charge in [-0.3, -0.25) is 24.5 Å². The summed E-state index contributed by atoms with van der Waals surface area (Å²) in [6.45, 7) is 1.34. The normalized spacial score (nSPS) is 26.6. The molecule has 0 amide bonds. The van der Waals surface area contributed by atoms with Crippen LogP contribution in [-0.2, 0) is 19.8 Å². The number of nitrogens with zero attached hydrogens (tertiary/aromatic N) is 2. The molecule has 4 heterocycles. The lowest BCUT2D eigenvalue weighted by atomic mass is 9.73. The number of benzene rings is 3. The average molecular weight is 610 g/mol. The Morgan fingerprint density at radius 1 is 0.933 bits per heavy atom. The van der Waals surface area contributed by atoms with Gasteiger partial charge in [0.1, 0.15) is 23.4 Å². The zero-order valence-corrected chi connectivity index (χ0v) is 24.6. The molecule has 0 spiro atoms. The first kappa shape index (κ1) is 28.9. The summed E-state index contributed by atoms with van der Waals surface area (Å²) in [5, 5.41) is 13.2. The fourth-order valence-electron chi connectivity index (χ4n) is 7.19. The van der Waals surface area contributed by atoms with Gasteiger partial charge in [0.15, 0.2) is 12.3 Å². The number of ether oxygens (including phenoxy) is 4. The number of aromatic amines is 1. The highest BCUT2D eigenvalue weighted by molar-refractivity contribution is 5.48. The maximum atomic E-state index is 13.2. The Labute approximate surface area is 257 Å². The zero-order valence-electron chi connectivity index (χ0n) is 24.6. The van der Waals surface area contributed by atoms with Crippen molar-refractivity contribution < 1.29 is 23.9 Å². The van der Waals surface area contributed by atoms with E-state index in [1.165, 1.54) is 10.8 Å². The van der Waals surface area contributed by atoms with Crippen LogP contribution in [-0.4, -0.2) is 52.0 Å². The van der Waals surface area contributed by atoms with Crippen LogP contribution in [0, 0.1) is 23.0 Å². The molecule has 2 saturated heterocycles. The van der Waals surface area contributed by atoms with Crippen LogP contribution in [0.2, 0.25) is 0 Å². The number of hydrogen-bond donors (Lipinski definition) is 1. The minimum absolute atomic E-state index is 0.221. The van der Waals surface area contributed by atoms with Gasteiger partial charge in [0, 0.05) is 16.7 Å². The van der Waals surface area contributed by atoms with Crippen molar-refractivity contribution in [2.24, 2.45) is 5.92 Å². The van der Waals surface area contributed by atoms with Gasteiger partial charge >= 0.3 is 5.69 Å². The fourth-order valence-corrected chi connectivity index (χ4v) is 7.19. The van der Waals surface area contributed by atoms with Gasteiger partial charge in [-0.15, -0.1) is 0 Å². The van der Waals surface area contributed by atoms with Gasteiger partial charge in [-0.05, 0) is 41.8 Å². The minimum Gasteiger partial charge on any atom is -0.497 e. The number of fused-ring (bicyclic) bond motifs is 5. The van der Waals surface area contributed by atoms with Gasteiger partial charge in [-0.1, -0.05) is 78.9 Å². The van der Waals surface area contributed by atoms with E-state index < -0.39 is 52.8 Å². The highest BCUT2D eigenvalue weighted by Crippen LogP contribution is 2.57. The molecule has 0 radical (unpaired) electrons. The van der Waals surface area contributed by atoms with Crippen molar-refractivity contribution in [3.8, 4) is 5.75 Å². The molecule has 2 fully saturated rings. The molecular formula is C34H31N3O8. The summed E-state index contributed by atoms with van der Waals surface area (Å²) < 4.78 is 26.3. The highest BCUT2D eigenvalue weighted by Gasteiger charge is 2.78. The maximum Gasteiger partial charge on any atom is 0.330 e. The summed E-state index contributed by atoms with van der Waals surface area (Å²) in [6.07, 6.45) is 1.06. The quantitative estimate of drug-likeness (QED) is 0.131. The summed E-state index contributed by atoms with van der Waals surface area (Å²) in [5.74, 6) is -0.193. The van der Waals surface area contributed by atoms with Gasteiger partial charge in [-0.2, -0.15) is 0 Å². The van der Waals surface area contributed by atoms with Crippen LogP contribution >= 0.6 is 0 Å². The average Bonchev–Trinajstić information content (AvgIpc) is 3.77. The molecule has 3 aromatic carbocycles. The van der Waals surface area contributed by atoms with E-state index in [0.717, 1.165) is 16.7 Å². The molecule has 3 aliphatic rings. The predicted molar refractivity (Wildman–Crippen MR) is 163 cm³/mol. The summed E-state index contributed by atoms with van der Waals surface area (Å²) >= 11 is 0. The van der Waals surface area contributed by atoms with E-state index in [2.05, 4.69) is 4.98 Å². The van der Waals surface area contributed by atoms with E-state index >= 15 is 0 Å². The fraction of sp³-hybridized carbons (Fsp3) is 0.294. The maximum absolute atomic E-state index is 13.2. The molecule has 1 N–H and O–H groups in total. The van der Waals surface area contributed by atoms with Crippen LogP contribution in [0.5, 0.6) is 5.75 Å². The van der Waals surface area contributed by atoms with Gasteiger partial charge in [0.2, 0.25) is 0 Å². The molecule has 11 heteroatoms. The molecule has 45 heavy (non-hydrogen) atoms. The van der Waals surface area contributed by atoms with Crippen molar-refractivity contribution in [3.05, 3.63) is 156 Å². The number of aromatic nitrogens is 2. The second-order valence-corrected chi connectivity index (χ2v) is 11.5. The van der Waals surface area contributed by atoms with Crippen molar-refractivity contribution in [2.45, 2.75) is 42.6 Å². The minimum atomic E-state index is -1.76. The molecule has 2 bridgehead atoms. The molecular weight excluding hydrogens is 578 g/mol. The van der Waals surface area contributed by atoms with E-state index in [0.29, 0.717) is 5.75 Å². The topological polar surface area (TPSA) is 135 Å². The van der Waals surface area contributed by atoms with Crippen LogP contribution in [0.25, 0.3) is 0 Å². The smallest absolute Gasteiger partial charge is 0.330 e. The molecule has 1 aromatic heterocycles. The van der Waals surface area contributed by atoms with Crippen LogP contribution < -0.4 is 16.0 Å². The monoisotopic (exact) mass is 609 g/mol. The van der Waals surface area contributed by atoms with Gasteiger partial charge in [-0.25, -0.2) is 4.79 Å². The van der Waals surface area contributed by atoms with Gasteiger partial charge in [0.25, 0.3) is 11.1 Å². The molecule has 6 atom stereocenters. The van der Waals surface area contributed by atoms with Crippen molar-refractivity contribution in [1.82, 2.24) is 9.55 Å². The number of nitrogens with one attached hydrogen (secondary N) is 1. The Morgan fingerprint density at radius 2 is 1.56 bits per heavy atom. The number of hydrogen-bond acceptors (Lipinski definition) is 8. The van der Waals surface area contributed by atoms with Crippen molar-refractivity contribution >= 4 is 0 Å². The molecule has 230 valence electrons. The first-order chi connectivity index (χ1) is 21.8. The Kier molecular flexibility index (Phi) is 7.03. The summed E-state index contributed by atoms with van der Waals surface area (Å²) in [6, 6.07) is 26.8. The van der Waals surface area contributed by atoms with E-state index in [9.17, 15) is 19.7 Å². The van der Waals surface area contributed by atoms with Crippen molar-refractivity contribution in [1.29, 1.82) is 0 Å². The largest absolute Gasteiger partial charge is 0.497 e. The zero-order chi connectivity index (χ0) is 31.3. The number of aryl methyl sites for hydroxylation is 1. The van der Waals surface area contributed by atoms with E-state index in [4.69, 9.17) is 18.9 Å². The van der Waals surface area contributed by atoms with Gasteiger partial charge in [0.05, 0.1) is 19.8 Å². The summed E-state index contributed by atoms with van der Waals surface area (Å²) in [5.41, 5.74) is -1.56. The number of methoxy groups -OCH3 is 1. The van der Waals surface area contributed by atoms with E-state index in [-0.39, 0.29) is 17.1 Å². The third kappa shape index (κ3) is 4.30. The molecule has 3 aliphatic heterocycles. The third-order valence-electron chi connectivity index (χ3n) is 9.29. The summed E-state index contributed by atoms with van der Waals surface area (Å²) in [7, 11) is 1.59. The molecule has 4 aromatic rings. The van der Waals surface area contributed by atoms with E-state index in [1.807, 2.05) is 84.9 Å². The Balaban J connectivity index is 1.37. The third-order valence-corrected chi connectivity index (χ3v) is 9.29. The van der Waals surface area contributed by atoms with Crippen molar-refractivity contribution in [2.75, 3.05) is 13.7 Å². The Bertz CT molecular complexity index is 1830. The number of nitro groups is 1. The highest BCUT2D eigenvalue weighted by atomic mass is 16.7. The molecule has 0 unspecified atom stereocenters. The predicted octanol–water partition coefficient (Wildman–Crippen LogP) is 3.73. The standard InChI is InChI=1S/C34H31N3O8/c1-21-19-36(32(39)35-30(21)38)31-29-26-17-18-27(44-26)33(29,37(40)41)28(45-31)20-43-34(22-9-5-3-6-10-22,23-11-7-4-8-12-23)24-13-15-25(42-2)16-14-24/h3-19,26-29,31H,20H2,1-2H3,(H,35,38,39)/t26-,27+,28-,29+,31-,33+/m1/s1. The second kappa shape index (κ2) is 11.0. The van der Waals surface area contributed by atoms with E-state index in [1.54, 1.807) is 26.2 Å². The Hall–Kier alpha value is -4.84. The lowest BCUT2D eigenvalue weighted by Gasteiger charge is -2.38. The number of H-pyrrole nitrogens is 1. The van der Waals surface area contributed by atoms with Crippen LogP contribution in [0.15, 0.2) is 113 Å². The summed E-state index contributed by atoms with van der Waals surface area (Å²) in [4.78, 5) is 40.4. The lowest BCUT2D eigenvalue weighted by Crippen LogP contribution is -2.59. The molecule has 0 saturated carbocycles. The van der Waals surface area contributed by atoms with Crippen LogP contribution in [0.1, 0.15) is 28.5 Å². The van der Waals surface area contributed by atoms with Crippen LogP contribution in [0.3, 0.4) is 0 Å². The van der Waals surface area contributed by atoms with Crippen LogP contribution in [0.4, 0.5) is 0 Å². The first-order valence-corrected chi connectivity index (χ1v) is 14.7. The molecule has 7 rings (SSSR count). The molecule has 0 aliphatic carbocycles. The Morgan fingerprint density at radius 3 is 2.16 bits per heavy atom. The SMILES string of the molecule is COc1ccc(C(OC[C@H]2O[C@@H](n3cc(C)c(=O)[nH]c3=O)[C@@H]3[C@H]4C=C[C@H](O4)[C@@]32[N+](=O)[O-])(c2ccccc2)c2ccccc2)cc1. The first-order valence-electron chi connectivity index (χ1n) is 14.7. The lowest BCUT2D eigenvalue weighted by molar-refractivity contribution is -0.586. The molecule has 11 nitrogen and oxygen atoms in total. The van der Waals surface area contributed by atoms with Gasteiger partial charge < -0.3 is 18.9 Å². The second-order valence-electron chi connectivity index (χ2n) is 11.5. The number of rotatable bonds is 9. The van der Waals surface area contributed by atoms with Crippen molar-refractivity contribution in [3.63, 3.8) is 0 Å².